The van der Waals surface area contributed by atoms with Gasteiger partial charge in [0, 0.05) is 17.2 Å². The summed E-state index contributed by atoms with van der Waals surface area (Å²) in [6, 6.07) is 0. The number of esters is 1. The molecule has 1 fully saturated rings. The van der Waals surface area contributed by atoms with E-state index in [2.05, 4.69) is 39.6 Å². The number of rotatable bonds is 4. The van der Waals surface area contributed by atoms with E-state index in [4.69, 9.17) is 4.74 Å². The number of ether oxygens (including phenoxy) is 1. The number of piperidine rings is 1. The summed E-state index contributed by atoms with van der Waals surface area (Å²) < 4.78 is 5.05. The minimum atomic E-state index is -0.322. The predicted octanol–water partition coefficient (Wildman–Crippen LogP) is 2.66. The second-order valence-corrected chi connectivity index (χ2v) is 6.33. The van der Waals surface area contributed by atoms with E-state index in [1.807, 2.05) is 0 Å². The Kier molecular flexibility index (Phi) is 4.36. The molecule has 3 nitrogen and oxygen atoms in total. The summed E-state index contributed by atoms with van der Waals surface area (Å²) in [7, 11) is 0. The fourth-order valence-corrected chi connectivity index (χ4v) is 3.12. The zero-order valence-electron chi connectivity index (χ0n) is 11.5. The monoisotopic (exact) mass is 239 g/mol. The molecule has 98 valence electrons. The van der Waals surface area contributed by atoms with E-state index in [0.717, 1.165) is 19.3 Å². The first-order valence-corrected chi connectivity index (χ1v) is 6.33. The van der Waals surface area contributed by atoms with Crippen molar-refractivity contribution in [2.45, 2.75) is 58.0 Å². The van der Waals surface area contributed by atoms with Crippen molar-refractivity contribution in [2.75, 3.05) is 6.61 Å². The highest BCUT2D eigenvalue weighted by atomic mass is 16.5. The SMILES string of the molecule is C=CC(=O)OCCC1CC(C)(C)NC(C)(C)C1. The van der Waals surface area contributed by atoms with Crippen LogP contribution in [0.1, 0.15) is 47.0 Å². The van der Waals surface area contributed by atoms with Crippen molar-refractivity contribution in [3.8, 4) is 0 Å². The van der Waals surface area contributed by atoms with Crippen LogP contribution in [0.3, 0.4) is 0 Å². The van der Waals surface area contributed by atoms with E-state index in [9.17, 15) is 4.79 Å². The molecule has 0 saturated carbocycles. The first-order chi connectivity index (χ1) is 7.74. The van der Waals surface area contributed by atoms with Crippen molar-refractivity contribution in [2.24, 2.45) is 5.92 Å². The van der Waals surface area contributed by atoms with E-state index in [1.165, 1.54) is 6.08 Å². The van der Waals surface area contributed by atoms with Gasteiger partial charge >= 0.3 is 5.97 Å². The highest BCUT2D eigenvalue weighted by molar-refractivity contribution is 5.81. The Bertz CT molecular complexity index is 279. The third kappa shape index (κ3) is 4.90. The molecule has 1 rings (SSSR count). The summed E-state index contributed by atoms with van der Waals surface area (Å²) in [5.74, 6) is 0.288. The Balaban J connectivity index is 2.43. The van der Waals surface area contributed by atoms with Crippen LogP contribution in [0.4, 0.5) is 0 Å². The average molecular weight is 239 g/mol. The molecule has 0 aromatic rings. The molecule has 0 unspecified atom stereocenters. The van der Waals surface area contributed by atoms with Gasteiger partial charge in [-0.25, -0.2) is 4.79 Å². The maximum Gasteiger partial charge on any atom is 0.330 e. The Labute approximate surface area is 105 Å². The second kappa shape index (κ2) is 5.21. The molecular weight excluding hydrogens is 214 g/mol. The zero-order valence-corrected chi connectivity index (χ0v) is 11.5. The molecule has 1 saturated heterocycles. The lowest BCUT2D eigenvalue weighted by Gasteiger charge is -2.46. The minimum Gasteiger partial charge on any atom is -0.463 e. The molecule has 0 aliphatic carbocycles. The van der Waals surface area contributed by atoms with E-state index < -0.39 is 0 Å². The standard InChI is InChI=1S/C14H25NO2/c1-6-12(16)17-8-7-11-9-13(2,3)15-14(4,5)10-11/h6,11,15H,1,7-10H2,2-5H3. The molecule has 0 spiro atoms. The zero-order chi connectivity index (χ0) is 13.1. The van der Waals surface area contributed by atoms with Crippen LogP contribution in [0.15, 0.2) is 12.7 Å². The summed E-state index contributed by atoms with van der Waals surface area (Å²) in [4.78, 5) is 11.0. The van der Waals surface area contributed by atoms with Gasteiger partial charge in [-0.1, -0.05) is 6.58 Å². The molecule has 0 aromatic heterocycles. The number of carbonyl (C=O) groups excluding carboxylic acids is 1. The second-order valence-electron chi connectivity index (χ2n) is 6.33. The van der Waals surface area contributed by atoms with Crippen molar-refractivity contribution < 1.29 is 9.53 Å². The first-order valence-electron chi connectivity index (χ1n) is 6.33. The highest BCUT2D eigenvalue weighted by Crippen LogP contribution is 2.34. The van der Waals surface area contributed by atoms with E-state index in [1.54, 1.807) is 0 Å². The largest absolute Gasteiger partial charge is 0.463 e. The Hall–Kier alpha value is -0.830. The normalized spacial score (nSPS) is 23.1. The fraction of sp³-hybridized carbons (Fsp3) is 0.786. The summed E-state index contributed by atoms with van der Waals surface area (Å²) in [6.45, 7) is 12.8. The van der Waals surface area contributed by atoms with E-state index >= 15 is 0 Å². The quantitative estimate of drug-likeness (QED) is 0.605. The minimum absolute atomic E-state index is 0.162. The van der Waals surface area contributed by atoms with E-state index in [-0.39, 0.29) is 17.0 Å². The summed E-state index contributed by atoms with van der Waals surface area (Å²) in [5.41, 5.74) is 0.323. The molecule has 0 radical (unpaired) electrons. The van der Waals surface area contributed by atoms with Gasteiger partial charge in [0.05, 0.1) is 6.61 Å². The Morgan fingerprint density at radius 2 is 1.88 bits per heavy atom. The van der Waals surface area contributed by atoms with E-state index in [0.29, 0.717) is 12.5 Å². The van der Waals surface area contributed by atoms with Crippen LogP contribution in [-0.2, 0) is 9.53 Å². The van der Waals surface area contributed by atoms with Gasteiger partial charge in [-0.05, 0) is 52.9 Å². The molecular formula is C14H25NO2. The first kappa shape index (κ1) is 14.2. The molecule has 1 aliphatic heterocycles. The third-order valence-electron chi connectivity index (χ3n) is 3.21. The van der Waals surface area contributed by atoms with Crippen molar-refractivity contribution in [1.82, 2.24) is 5.32 Å². The maximum atomic E-state index is 11.0. The molecule has 0 atom stereocenters. The fourth-order valence-electron chi connectivity index (χ4n) is 3.12. The van der Waals surface area contributed by atoms with Gasteiger partial charge in [0.15, 0.2) is 0 Å². The van der Waals surface area contributed by atoms with Crippen LogP contribution in [0, 0.1) is 5.92 Å². The van der Waals surface area contributed by atoms with Crippen molar-refractivity contribution in [1.29, 1.82) is 0 Å². The van der Waals surface area contributed by atoms with Crippen molar-refractivity contribution in [3.63, 3.8) is 0 Å². The number of hydrogen-bond donors (Lipinski definition) is 1. The summed E-state index contributed by atoms with van der Waals surface area (Å²) >= 11 is 0. The lowest BCUT2D eigenvalue weighted by molar-refractivity contribution is -0.138. The Morgan fingerprint density at radius 3 is 2.35 bits per heavy atom. The molecule has 1 N–H and O–H groups in total. The smallest absolute Gasteiger partial charge is 0.330 e. The van der Waals surface area contributed by atoms with Crippen molar-refractivity contribution in [3.05, 3.63) is 12.7 Å². The van der Waals surface area contributed by atoms with Crippen LogP contribution in [0.5, 0.6) is 0 Å². The van der Waals surface area contributed by atoms with Gasteiger partial charge in [-0.2, -0.15) is 0 Å². The van der Waals surface area contributed by atoms with Crippen LogP contribution in [0.25, 0.3) is 0 Å². The molecule has 0 amide bonds. The lowest BCUT2D eigenvalue weighted by Crippen LogP contribution is -2.57. The highest BCUT2D eigenvalue weighted by Gasteiger charge is 2.37. The maximum absolute atomic E-state index is 11.0. The van der Waals surface area contributed by atoms with Crippen LogP contribution in [0.2, 0.25) is 0 Å². The van der Waals surface area contributed by atoms with Gasteiger partial charge in [0.25, 0.3) is 0 Å². The van der Waals surface area contributed by atoms with Gasteiger partial charge in [-0.15, -0.1) is 0 Å². The summed E-state index contributed by atoms with van der Waals surface area (Å²) in [5, 5.41) is 3.65. The molecule has 17 heavy (non-hydrogen) atoms. The van der Waals surface area contributed by atoms with Gasteiger partial charge in [0.2, 0.25) is 0 Å². The number of hydrogen-bond acceptors (Lipinski definition) is 3. The molecule has 1 aliphatic rings. The van der Waals surface area contributed by atoms with Gasteiger partial charge < -0.3 is 10.1 Å². The van der Waals surface area contributed by atoms with Crippen LogP contribution >= 0.6 is 0 Å². The average Bonchev–Trinajstić information content (AvgIpc) is 2.12. The Morgan fingerprint density at radius 1 is 1.35 bits per heavy atom. The topological polar surface area (TPSA) is 38.3 Å². The molecule has 0 aromatic carbocycles. The van der Waals surface area contributed by atoms with Crippen molar-refractivity contribution >= 4 is 5.97 Å². The molecule has 3 heteroatoms. The van der Waals surface area contributed by atoms with Crippen LogP contribution < -0.4 is 5.32 Å². The lowest BCUT2D eigenvalue weighted by atomic mass is 9.75. The molecule has 1 heterocycles. The third-order valence-corrected chi connectivity index (χ3v) is 3.21. The summed E-state index contributed by atoms with van der Waals surface area (Å²) in [6.07, 6.45) is 4.41. The van der Waals surface area contributed by atoms with Gasteiger partial charge in [-0.3, -0.25) is 0 Å². The number of carbonyl (C=O) groups is 1. The predicted molar refractivity (Wildman–Crippen MR) is 69.8 cm³/mol. The molecule has 0 bridgehead atoms. The van der Waals surface area contributed by atoms with Crippen LogP contribution in [-0.4, -0.2) is 23.7 Å². The number of nitrogens with one attached hydrogen (secondary N) is 1. The van der Waals surface area contributed by atoms with Gasteiger partial charge in [0.1, 0.15) is 0 Å².